The van der Waals surface area contributed by atoms with Gasteiger partial charge in [-0.05, 0) is 44.9 Å². The van der Waals surface area contributed by atoms with Gasteiger partial charge in [-0.1, -0.05) is 6.07 Å². The zero-order valence-electron chi connectivity index (χ0n) is 16.9. The van der Waals surface area contributed by atoms with E-state index in [1.165, 1.54) is 0 Å². The summed E-state index contributed by atoms with van der Waals surface area (Å²) in [5.41, 5.74) is 3.09. The van der Waals surface area contributed by atoms with Crippen molar-refractivity contribution in [3.05, 3.63) is 47.4 Å². The average Bonchev–Trinajstić information content (AvgIpc) is 3.33. The highest BCUT2D eigenvalue weighted by atomic mass is 16.5. The van der Waals surface area contributed by atoms with E-state index in [-0.39, 0.29) is 11.9 Å². The lowest BCUT2D eigenvalue weighted by molar-refractivity contribution is 0.0918. The minimum atomic E-state index is 0.220. The van der Waals surface area contributed by atoms with Gasteiger partial charge in [-0.15, -0.1) is 0 Å². The third-order valence-electron chi connectivity index (χ3n) is 6.00. The van der Waals surface area contributed by atoms with E-state index in [9.17, 15) is 4.79 Å². The number of Topliss-reactive ketones (excluding diaryl/α,β-unsaturated/α-hetero) is 1. The zero-order chi connectivity index (χ0) is 19.5. The topological polar surface area (TPSA) is 50.6 Å². The normalized spacial score (nSPS) is 20.6. The molecule has 6 heteroatoms. The largest absolute Gasteiger partial charge is 0.376 e. The van der Waals surface area contributed by atoms with Crippen LogP contribution >= 0.6 is 0 Å². The lowest BCUT2D eigenvalue weighted by Crippen LogP contribution is -2.48. The molecule has 150 valence electrons. The monoisotopic (exact) mass is 382 g/mol. The number of ether oxygens (including phenoxy) is 1. The summed E-state index contributed by atoms with van der Waals surface area (Å²) in [5, 5.41) is 0. The second-order valence-corrected chi connectivity index (χ2v) is 7.90. The van der Waals surface area contributed by atoms with Crippen LogP contribution in [0.1, 0.15) is 34.6 Å². The predicted octanol–water partition coefficient (Wildman–Crippen LogP) is 2.68. The fourth-order valence-corrected chi connectivity index (χ4v) is 4.32. The van der Waals surface area contributed by atoms with Crippen molar-refractivity contribution < 1.29 is 9.53 Å². The van der Waals surface area contributed by atoms with Crippen molar-refractivity contribution in [2.45, 2.75) is 39.3 Å². The smallest absolute Gasteiger partial charge is 0.178 e. The lowest BCUT2D eigenvalue weighted by Gasteiger charge is -2.35. The predicted molar refractivity (Wildman–Crippen MR) is 110 cm³/mol. The van der Waals surface area contributed by atoms with Crippen LogP contribution in [-0.4, -0.2) is 65.7 Å². The van der Waals surface area contributed by atoms with E-state index in [1.54, 1.807) is 0 Å². The number of hydrogen-bond donors (Lipinski definition) is 0. The first-order valence-corrected chi connectivity index (χ1v) is 10.3. The fourth-order valence-electron chi connectivity index (χ4n) is 4.32. The van der Waals surface area contributed by atoms with Gasteiger partial charge in [-0.25, -0.2) is 4.98 Å². The summed E-state index contributed by atoms with van der Waals surface area (Å²) in [5.74, 6) is 1.24. The van der Waals surface area contributed by atoms with Gasteiger partial charge in [-0.2, -0.15) is 0 Å². The Hall–Kier alpha value is -2.18. The van der Waals surface area contributed by atoms with Crippen molar-refractivity contribution in [2.75, 3.05) is 44.2 Å². The molecule has 0 aromatic carbocycles. The van der Waals surface area contributed by atoms with Gasteiger partial charge >= 0.3 is 0 Å². The molecule has 0 saturated carbocycles. The quantitative estimate of drug-likeness (QED) is 0.719. The second-order valence-electron chi connectivity index (χ2n) is 7.90. The number of pyridine rings is 1. The van der Waals surface area contributed by atoms with Gasteiger partial charge in [0.25, 0.3) is 0 Å². The van der Waals surface area contributed by atoms with Crippen LogP contribution in [-0.2, 0) is 11.3 Å². The molecule has 2 aliphatic rings. The molecule has 4 rings (SSSR count). The minimum absolute atomic E-state index is 0.220. The number of nitrogens with zero attached hydrogens (tertiary/aromatic N) is 4. The number of aryl methyl sites for hydroxylation is 1. The van der Waals surface area contributed by atoms with Crippen molar-refractivity contribution in [3.8, 4) is 0 Å². The highest BCUT2D eigenvalue weighted by molar-refractivity contribution is 5.99. The van der Waals surface area contributed by atoms with Gasteiger partial charge < -0.3 is 14.2 Å². The van der Waals surface area contributed by atoms with Crippen LogP contribution in [0.4, 0.5) is 5.82 Å². The van der Waals surface area contributed by atoms with Gasteiger partial charge in [0, 0.05) is 62.5 Å². The van der Waals surface area contributed by atoms with E-state index < -0.39 is 0 Å². The van der Waals surface area contributed by atoms with E-state index >= 15 is 0 Å². The van der Waals surface area contributed by atoms with Gasteiger partial charge in [0.1, 0.15) is 5.82 Å². The third kappa shape index (κ3) is 4.13. The summed E-state index contributed by atoms with van der Waals surface area (Å²) in [6, 6.07) is 8.05. The second kappa shape index (κ2) is 8.45. The number of rotatable bonds is 6. The van der Waals surface area contributed by atoms with E-state index in [1.807, 2.05) is 24.4 Å². The number of anilines is 1. The molecule has 0 amide bonds. The molecule has 2 saturated heterocycles. The van der Waals surface area contributed by atoms with Gasteiger partial charge in [0.2, 0.25) is 0 Å². The summed E-state index contributed by atoms with van der Waals surface area (Å²) in [4.78, 5) is 21.9. The Kier molecular flexibility index (Phi) is 5.78. The van der Waals surface area contributed by atoms with Gasteiger partial charge in [0.05, 0.1) is 12.6 Å². The van der Waals surface area contributed by atoms with Crippen LogP contribution < -0.4 is 4.90 Å². The summed E-state index contributed by atoms with van der Waals surface area (Å²) < 4.78 is 8.03. The summed E-state index contributed by atoms with van der Waals surface area (Å²) in [6.07, 6.45) is 4.37. The highest BCUT2D eigenvalue weighted by Gasteiger charge is 2.24. The molecule has 2 aromatic rings. The Bertz CT molecular complexity index is 803. The Morgan fingerprint density at radius 2 is 2.04 bits per heavy atom. The maximum atomic E-state index is 13.0. The number of carbonyl (C=O) groups is 1. The highest BCUT2D eigenvalue weighted by Crippen LogP contribution is 2.21. The Morgan fingerprint density at radius 1 is 1.21 bits per heavy atom. The average molecular weight is 383 g/mol. The molecule has 0 radical (unpaired) electrons. The Balaban J connectivity index is 1.35. The Labute approximate surface area is 167 Å². The number of carbonyl (C=O) groups excluding carboxylic acids is 1. The molecule has 0 bridgehead atoms. The van der Waals surface area contributed by atoms with Crippen molar-refractivity contribution in [1.29, 1.82) is 0 Å². The first-order valence-electron chi connectivity index (χ1n) is 10.3. The molecule has 0 aliphatic carbocycles. The van der Waals surface area contributed by atoms with Crippen molar-refractivity contribution in [2.24, 2.45) is 0 Å². The molecule has 0 N–H and O–H groups in total. The molecule has 6 nitrogen and oxygen atoms in total. The third-order valence-corrected chi connectivity index (χ3v) is 6.00. The van der Waals surface area contributed by atoms with E-state index in [4.69, 9.17) is 4.74 Å². The van der Waals surface area contributed by atoms with Gasteiger partial charge in [-0.3, -0.25) is 9.69 Å². The van der Waals surface area contributed by atoms with Crippen molar-refractivity contribution >= 4 is 11.6 Å². The zero-order valence-corrected chi connectivity index (χ0v) is 16.9. The van der Waals surface area contributed by atoms with Crippen molar-refractivity contribution in [3.63, 3.8) is 0 Å². The van der Waals surface area contributed by atoms with Gasteiger partial charge in [0.15, 0.2) is 5.78 Å². The van der Waals surface area contributed by atoms with E-state index in [0.717, 1.165) is 74.9 Å². The first kappa shape index (κ1) is 19.2. The number of hydrogen-bond acceptors (Lipinski definition) is 5. The SMILES string of the molecule is Cc1cc(C(=O)CN2CCN(c3ccccn3)CC2)c(C)n1C[C@H]1CCCO1. The fraction of sp³-hybridized carbons (Fsp3) is 0.545. The Morgan fingerprint density at radius 3 is 2.71 bits per heavy atom. The summed E-state index contributed by atoms with van der Waals surface area (Å²) in [6.45, 7) is 9.94. The summed E-state index contributed by atoms with van der Waals surface area (Å²) in [7, 11) is 0. The maximum absolute atomic E-state index is 13.0. The molecule has 0 spiro atoms. The van der Waals surface area contributed by atoms with Crippen LogP contribution in [0.5, 0.6) is 0 Å². The van der Waals surface area contributed by atoms with Crippen LogP contribution in [0.2, 0.25) is 0 Å². The van der Waals surface area contributed by atoms with Crippen molar-refractivity contribution in [1.82, 2.24) is 14.5 Å². The number of piperazine rings is 1. The molecule has 4 heterocycles. The minimum Gasteiger partial charge on any atom is -0.376 e. The number of ketones is 1. The molecular formula is C22H30N4O2. The van der Waals surface area contributed by atoms with Crippen LogP contribution in [0, 0.1) is 13.8 Å². The molecule has 0 unspecified atom stereocenters. The maximum Gasteiger partial charge on any atom is 0.178 e. The lowest BCUT2D eigenvalue weighted by atomic mass is 10.1. The molecule has 2 aliphatic heterocycles. The molecule has 2 aromatic heterocycles. The molecule has 1 atom stereocenters. The molecule has 28 heavy (non-hydrogen) atoms. The van der Waals surface area contributed by atoms with E-state index in [2.05, 4.69) is 39.3 Å². The van der Waals surface area contributed by atoms with Crippen LogP contribution in [0.25, 0.3) is 0 Å². The molecule has 2 fully saturated rings. The van der Waals surface area contributed by atoms with Crippen LogP contribution in [0.3, 0.4) is 0 Å². The van der Waals surface area contributed by atoms with E-state index in [0.29, 0.717) is 6.54 Å². The first-order chi connectivity index (χ1) is 13.6. The molecular weight excluding hydrogens is 352 g/mol. The standard InChI is InChI=1S/C22H30N4O2/c1-17-14-20(18(2)26(17)15-19-6-5-13-28-19)21(27)16-24-9-11-25(12-10-24)22-7-3-4-8-23-22/h3-4,7-8,14,19H,5-6,9-13,15-16H2,1-2H3/t19-/m1/s1. The summed E-state index contributed by atoms with van der Waals surface area (Å²) >= 11 is 0. The number of aromatic nitrogens is 2. The van der Waals surface area contributed by atoms with Crippen LogP contribution in [0.15, 0.2) is 30.5 Å².